The zero-order valence-corrected chi connectivity index (χ0v) is 21.6. The smallest absolute Gasteiger partial charge is 0.442 e. The first kappa shape index (κ1) is 28.5. The number of alkyl halides is 3. The van der Waals surface area contributed by atoms with Crippen LogP contribution in [-0.4, -0.2) is 71.6 Å². The molecule has 2 aromatic carbocycles. The molecule has 3 amide bonds. The van der Waals surface area contributed by atoms with E-state index in [-0.39, 0.29) is 47.0 Å². The Labute approximate surface area is 224 Å². The number of ether oxygens (including phenoxy) is 1. The molecule has 1 aliphatic heterocycles. The Morgan fingerprint density at radius 2 is 1.82 bits per heavy atom. The van der Waals surface area contributed by atoms with Crippen LogP contribution >= 0.6 is 11.8 Å². The minimum absolute atomic E-state index is 0.0162. The van der Waals surface area contributed by atoms with Crippen LogP contribution in [0, 0.1) is 11.6 Å². The molecule has 0 spiro atoms. The van der Waals surface area contributed by atoms with Crippen LogP contribution in [0.2, 0.25) is 0 Å². The van der Waals surface area contributed by atoms with E-state index in [9.17, 15) is 27.2 Å². The normalized spacial score (nSPS) is 14.5. The quantitative estimate of drug-likeness (QED) is 0.316. The average Bonchev–Trinajstić information content (AvgIpc) is 3.25. The highest BCUT2D eigenvalue weighted by Crippen LogP contribution is 2.37. The zero-order chi connectivity index (χ0) is 28.2. The molecule has 1 aliphatic rings. The molecule has 0 unspecified atom stereocenters. The minimum atomic E-state index is -4.56. The van der Waals surface area contributed by atoms with Gasteiger partial charge in [-0.25, -0.2) is 13.6 Å². The number of hydrogen-bond acceptors (Lipinski definition) is 5. The number of rotatable bonds is 8. The second-order valence-corrected chi connectivity index (χ2v) is 9.89. The van der Waals surface area contributed by atoms with E-state index < -0.39 is 28.9 Å². The van der Waals surface area contributed by atoms with Gasteiger partial charge in [0.05, 0.1) is 5.69 Å². The molecule has 0 radical (unpaired) electrons. The Hall–Kier alpha value is -3.52. The van der Waals surface area contributed by atoms with Crippen LogP contribution in [0.5, 0.6) is 5.75 Å². The van der Waals surface area contributed by atoms with Crippen LogP contribution in [0.25, 0.3) is 10.9 Å². The van der Waals surface area contributed by atoms with Crippen molar-refractivity contribution < 1.29 is 36.3 Å². The van der Waals surface area contributed by atoms with Crippen LogP contribution in [0.15, 0.2) is 36.5 Å². The van der Waals surface area contributed by atoms with Gasteiger partial charge < -0.3 is 25.3 Å². The van der Waals surface area contributed by atoms with E-state index >= 15 is 4.39 Å². The van der Waals surface area contributed by atoms with Crippen molar-refractivity contribution in [3.8, 4) is 5.75 Å². The summed E-state index contributed by atoms with van der Waals surface area (Å²) in [6.45, 7) is 4.20. The van der Waals surface area contributed by atoms with Crippen LogP contribution < -0.4 is 15.4 Å². The van der Waals surface area contributed by atoms with Crippen molar-refractivity contribution in [3.63, 3.8) is 0 Å². The molecule has 1 saturated heterocycles. The van der Waals surface area contributed by atoms with E-state index in [0.29, 0.717) is 43.6 Å². The van der Waals surface area contributed by atoms with Gasteiger partial charge in [-0.3, -0.25) is 9.69 Å². The van der Waals surface area contributed by atoms with Gasteiger partial charge in [-0.1, -0.05) is 0 Å². The SMILES string of the molecule is CC(=O)N1CCN(CCOc2c(F)cc(NC(=O)Nc3c[nH]c4ccc(F)cc34)cc2CSC(F)(F)F)CC1. The van der Waals surface area contributed by atoms with Gasteiger partial charge in [0.25, 0.3) is 0 Å². The molecule has 14 heteroatoms. The monoisotopic (exact) mass is 571 g/mol. The summed E-state index contributed by atoms with van der Waals surface area (Å²) < 4.78 is 73.0. The number of benzene rings is 2. The van der Waals surface area contributed by atoms with Crippen LogP contribution in [0.4, 0.5) is 38.1 Å². The number of halogens is 5. The fourth-order valence-corrected chi connectivity index (χ4v) is 4.73. The number of anilines is 2. The number of amides is 3. The van der Waals surface area contributed by atoms with E-state index in [1.165, 1.54) is 37.4 Å². The van der Waals surface area contributed by atoms with Gasteiger partial charge >= 0.3 is 11.5 Å². The number of nitrogens with one attached hydrogen (secondary N) is 3. The number of aromatic amines is 1. The number of hydrogen-bond donors (Lipinski definition) is 3. The van der Waals surface area contributed by atoms with Gasteiger partial charge in [-0.05, 0) is 36.0 Å². The second-order valence-electron chi connectivity index (χ2n) is 8.85. The largest absolute Gasteiger partial charge is 0.489 e. The van der Waals surface area contributed by atoms with Gasteiger partial charge in [0, 0.05) is 79.8 Å². The maximum absolute atomic E-state index is 15.0. The first-order chi connectivity index (χ1) is 18.5. The topological polar surface area (TPSA) is 89.7 Å². The lowest BCUT2D eigenvalue weighted by Crippen LogP contribution is -2.48. The highest BCUT2D eigenvalue weighted by atomic mass is 32.2. The molecular weight excluding hydrogens is 545 g/mol. The lowest BCUT2D eigenvalue weighted by atomic mass is 10.2. The molecule has 3 N–H and O–H groups in total. The third-order valence-electron chi connectivity index (χ3n) is 6.13. The Balaban J connectivity index is 1.43. The van der Waals surface area contributed by atoms with Gasteiger partial charge in [0.15, 0.2) is 11.6 Å². The van der Waals surface area contributed by atoms with Crippen molar-refractivity contribution in [3.05, 3.63) is 53.7 Å². The molecule has 8 nitrogen and oxygen atoms in total. The van der Waals surface area contributed by atoms with Gasteiger partial charge in [-0.2, -0.15) is 13.2 Å². The Bertz CT molecular complexity index is 1340. The van der Waals surface area contributed by atoms with E-state index in [2.05, 4.69) is 15.6 Å². The zero-order valence-electron chi connectivity index (χ0n) is 20.8. The Morgan fingerprint density at radius 3 is 2.51 bits per heavy atom. The van der Waals surface area contributed by atoms with E-state index in [1.54, 1.807) is 4.90 Å². The highest BCUT2D eigenvalue weighted by Gasteiger charge is 2.29. The highest BCUT2D eigenvalue weighted by molar-refractivity contribution is 7.99. The van der Waals surface area contributed by atoms with Crippen molar-refractivity contribution in [1.82, 2.24) is 14.8 Å². The van der Waals surface area contributed by atoms with E-state index in [1.807, 2.05) is 4.90 Å². The van der Waals surface area contributed by atoms with Crippen LogP contribution in [-0.2, 0) is 10.5 Å². The number of thioether (sulfide) groups is 1. The molecule has 39 heavy (non-hydrogen) atoms. The molecule has 0 bridgehead atoms. The van der Waals surface area contributed by atoms with Crippen molar-refractivity contribution in [2.45, 2.75) is 18.2 Å². The summed E-state index contributed by atoms with van der Waals surface area (Å²) in [6, 6.07) is 5.35. The fourth-order valence-electron chi connectivity index (χ4n) is 4.20. The number of carbonyl (C=O) groups is 2. The number of aromatic nitrogens is 1. The second kappa shape index (κ2) is 12.1. The first-order valence-electron chi connectivity index (χ1n) is 12.0. The number of nitrogens with zero attached hydrogens (tertiary/aromatic N) is 2. The summed E-state index contributed by atoms with van der Waals surface area (Å²) in [5.41, 5.74) is -3.88. The summed E-state index contributed by atoms with van der Waals surface area (Å²) in [4.78, 5) is 30.6. The number of carbonyl (C=O) groups excluding carboxylic acids is 2. The number of piperazine rings is 1. The minimum Gasteiger partial charge on any atom is -0.489 e. The summed E-state index contributed by atoms with van der Waals surface area (Å²) in [5.74, 6) is -2.41. The predicted octanol–water partition coefficient (Wildman–Crippen LogP) is 5.39. The van der Waals surface area contributed by atoms with Crippen molar-refractivity contribution in [1.29, 1.82) is 0 Å². The molecule has 0 aliphatic carbocycles. The summed E-state index contributed by atoms with van der Waals surface area (Å²) in [6.07, 6.45) is 1.45. The van der Waals surface area contributed by atoms with Crippen molar-refractivity contribution in [2.24, 2.45) is 0 Å². The molecule has 210 valence electrons. The average molecular weight is 572 g/mol. The summed E-state index contributed by atoms with van der Waals surface area (Å²) >= 11 is -0.354. The third-order valence-corrected chi connectivity index (χ3v) is 6.92. The van der Waals surface area contributed by atoms with Gasteiger partial charge in [-0.15, -0.1) is 0 Å². The number of H-pyrrole nitrogens is 1. The predicted molar refractivity (Wildman–Crippen MR) is 139 cm³/mol. The summed E-state index contributed by atoms with van der Waals surface area (Å²) in [7, 11) is 0. The summed E-state index contributed by atoms with van der Waals surface area (Å²) in [5, 5.41) is 5.32. The van der Waals surface area contributed by atoms with Crippen molar-refractivity contribution >= 4 is 46.0 Å². The molecule has 0 atom stereocenters. The standard InChI is InChI=1S/C25H26F5N5O3S/c1-15(36)35-6-4-34(5-7-35)8-9-38-23-16(14-39-25(28,29)30)10-18(12-20(23)27)32-24(37)33-22-13-31-21-3-2-17(26)11-19(21)22/h2-3,10-13,31H,4-9,14H2,1H3,(H2,32,33,37). The molecule has 1 fully saturated rings. The maximum atomic E-state index is 15.0. The van der Waals surface area contributed by atoms with Gasteiger partial charge in [0.1, 0.15) is 12.4 Å². The molecule has 3 aromatic rings. The lowest BCUT2D eigenvalue weighted by molar-refractivity contribution is -0.130. The Morgan fingerprint density at radius 1 is 1.08 bits per heavy atom. The number of fused-ring (bicyclic) bond motifs is 1. The van der Waals surface area contributed by atoms with Crippen LogP contribution in [0.3, 0.4) is 0 Å². The molecular formula is C25H26F5N5O3S. The van der Waals surface area contributed by atoms with E-state index in [0.717, 1.165) is 6.07 Å². The molecule has 4 rings (SSSR count). The van der Waals surface area contributed by atoms with Crippen molar-refractivity contribution in [2.75, 3.05) is 50.0 Å². The fraction of sp³-hybridized carbons (Fsp3) is 0.360. The third kappa shape index (κ3) is 7.76. The van der Waals surface area contributed by atoms with E-state index in [4.69, 9.17) is 4.74 Å². The molecule has 1 aromatic heterocycles. The molecule has 2 heterocycles. The molecule has 0 saturated carbocycles. The number of urea groups is 1. The Kier molecular flexibility index (Phi) is 8.85. The first-order valence-corrected chi connectivity index (χ1v) is 13.0. The van der Waals surface area contributed by atoms with Crippen LogP contribution in [0.1, 0.15) is 12.5 Å². The van der Waals surface area contributed by atoms with Gasteiger partial charge in [0.2, 0.25) is 5.91 Å². The maximum Gasteiger partial charge on any atom is 0.442 e. The lowest BCUT2D eigenvalue weighted by Gasteiger charge is -2.34.